The lowest BCUT2D eigenvalue weighted by Crippen LogP contribution is -2.48. The molecule has 0 aromatic heterocycles. The van der Waals surface area contributed by atoms with Crippen LogP contribution in [0.5, 0.6) is 0 Å². The number of hydrogen-bond donors (Lipinski definition) is 0. The highest BCUT2D eigenvalue weighted by atomic mass is 16.2. The molecule has 1 saturated heterocycles. The Hall–Kier alpha value is -0.530. The molecule has 2 heteroatoms. The van der Waals surface area contributed by atoms with Crippen molar-refractivity contribution >= 4 is 5.91 Å². The molecule has 0 bridgehead atoms. The van der Waals surface area contributed by atoms with E-state index >= 15 is 0 Å². The van der Waals surface area contributed by atoms with Crippen molar-refractivity contribution in [3.8, 4) is 0 Å². The van der Waals surface area contributed by atoms with Gasteiger partial charge in [0.15, 0.2) is 0 Å². The number of hydrogen-bond acceptors (Lipinski definition) is 1. The van der Waals surface area contributed by atoms with Gasteiger partial charge in [-0.25, -0.2) is 0 Å². The molecule has 15 heavy (non-hydrogen) atoms. The van der Waals surface area contributed by atoms with Gasteiger partial charge in [-0.05, 0) is 37.0 Å². The lowest BCUT2D eigenvalue weighted by atomic mass is 9.57. The Kier molecular flexibility index (Phi) is 3.03. The predicted octanol–water partition coefficient (Wildman–Crippen LogP) is 2.83. The summed E-state index contributed by atoms with van der Waals surface area (Å²) in [6, 6.07) is 0. The van der Waals surface area contributed by atoms with Crippen molar-refractivity contribution in [1.29, 1.82) is 0 Å². The number of amides is 1. The van der Waals surface area contributed by atoms with Crippen molar-refractivity contribution in [2.75, 3.05) is 13.1 Å². The average Bonchev–Trinajstić information content (AvgIpc) is 2.25. The first-order valence-electron chi connectivity index (χ1n) is 6.47. The first kappa shape index (κ1) is 11.0. The van der Waals surface area contributed by atoms with E-state index in [0.29, 0.717) is 17.7 Å². The highest BCUT2D eigenvalue weighted by Gasteiger charge is 2.45. The van der Waals surface area contributed by atoms with Gasteiger partial charge in [0.1, 0.15) is 0 Å². The fraction of sp³-hybridized carbons (Fsp3) is 0.923. The largest absolute Gasteiger partial charge is 0.343 e. The third-order valence-corrected chi connectivity index (χ3v) is 4.50. The number of nitrogens with zero attached hydrogens (tertiary/aromatic N) is 1. The second-order valence-electron chi connectivity index (χ2n) is 5.42. The lowest BCUT2D eigenvalue weighted by molar-refractivity contribution is -0.135. The molecule has 2 rings (SSSR count). The molecular formula is C13H23NO. The summed E-state index contributed by atoms with van der Waals surface area (Å²) in [4.78, 5) is 13.6. The van der Waals surface area contributed by atoms with Crippen LogP contribution in [0.3, 0.4) is 0 Å². The van der Waals surface area contributed by atoms with Crippen LogP contribution in [-0.2, 0) is 4.79 Å². The quantitative estimate of drug-likeness (QED) is 0.685. The summed E-state index contributed by atoms with van der Waals surface area (Å²) in [5, 5.41) is 0. The molecule has 86 valence electrons. The van der Waals surface area contributed by atoms with Crippen LogP contribution in [-0.4, -0.2) is 23.9 Å². The molecule has 2 nitrogen and oxygen atoms in total. The molecule has 1 aliphatic heterocycles. The van der Waals surface area contributed by atoms with Crippen LogP contribution in [0, 0.1) is 11.3 Å². The third kappa shape index (κ3) is 2.04. The molecule has 0 N–H and O–H groups in total. The molecule has 1 heterocycles. The minimum absolute atomic E-state index is 0.344. The smallest absolute Gasteiger partial charge is 0.222 e. The van der Waals surface area contributed by atoms with Crippen molar-refractivity contribution in [2.45, 2.75) is 52.4 Å². The zero-order chi connectivity index (χ0) is 10.9. The maximum Gasteiger partial charge on any atom is 0.222 e. The second-order valence-corrected chi connectivity index (χ2v) is 5.42. The van der Waals surface area contributed by atoms with Gasteiger partial charge < -0.3 is 4.90 Å². The summed E-state index contributed by atoms with van der Waals surface area (Å²) < 4.78 is 0. The van der Waals surface area contributed by atoms with Gasteiger partial charge in [0.05, 0.1) is 0 Å². The zero-order valence-electron chi connectivity index (χ0n) is 10.1. The van der Waals surface area contributed by atoms with E-state index in [9.17, 15) is 4.79 Å². The van der Waals surface area contributed by atoms with E-state index in [-0.39, 0.29) is 0 Å². The molecule has 1 saturated carbocycles. The molecule has 1 aliphatic carbocycles. The number of likely N-dealkylation sites (tertiary alicyclic amines) is 1. The number of piperidine rings is 1. The molecule has 1 spiro atoms. The van der Waals surface area contributed by atoms with Crippen LogP contribution in [0.4, 0.5) is 0 Å². The van der Waals surface area contributed by atoms with E-state index in [2.05, 4.69) is 11.8 Å². The lowest BCUT2D eigenvalue weighted by Gasteiger charge is -2.52. The van der Waals surface area contributed by atoms with Crippen molar-refractivity contribution in [2.24, 2.45) is 11.3 Å². The van der Waals surface area contributed by atoms with Crippen molar-refractivity contribution in [3.63, 3.8) is 0 Å². The summed E-state index contributed by atoms with van der Waals surface area (Å²) in [5.74, 6) is 1.33. The summed E-state index contributed by atoms with van der Waals surface area (Å²) in [5.41, 5.74) is 0.644. The molecule has 2 aliphatic rings. The first-order chi connectivity index (χ1) is 7.19. The Morgan fingerprint density at radius 1 is 1.27 bits per heavy atom. The van der Waals surface area contributed by atoms with Gasteiger partial charge in [0, 0.05) is 19.5 Å². The van der Waals surface area contributed by atoms with Crippen LogP contribution in [0.15, 0.2) is 0 Å². The Morgan fingerprint density at radius 3 is 2.33 bits per heavy atom. The minimum Gasteiger partial charge on any atom is -0.343 e. The molecule has 0 radical (unpaired) electrons. The van der Waals surface area contributed by atoms with Gasteiger partial charge >= 0.3 is 0 Å². The third-order valence-electron chi connectivity index (χ3n) is 4.50. The summed E-state index contributed by atoms with van der Waals surface area (Å²) >= 11 is 0. The molecule has 0 atom stereocenters. The number of rotatable bonds is 2. The van der Waals surface area contributed by atoms with Crippen LogP contribution in [0.25, 0.3) is 0 Å². The summed E-state index contributed by atoms with van der Waals surface area (Å²) in [7, 11) is 0. The minimum atomic E-state index is 0.344. The molecule has 0 aromatic rings. The Balaban J connectivity index is 1.80. The van der Waals surface area contributed by atoms with Crippen LogP contribution >= 0.6 is 0 Å². The summed E-state index contributed by atoms with van der Waals surface area (Å²) in [6.07, 6.45) is 7.39. The van der Waals surface area contributed by atoms with Gasteiger partial charge in [0.25, 0.3) is 0 Å². The van der Waals surface area contributed by atoms with E-state index in [1.54, 1.807) is 0 Å². The van der Waals surface area contributed by atoms with E-state index < -0.39 is 0 Å². The standard InChI is InChI=1S/C13H23NO/c1-3-11-9-13(10-11)5-7-14(8-6-13)12(15)4-2/h11H,3-10H2,1-2H3. The maximum atomic E-state index is 11.5. The zero-order valence-corrected chi connectivity index (χ0v) is 10.1. The second kappa shape index (κ2) is 4.15. The Labute approximate surface area is 93.0 Å². The van der Waals surface area contributed by atoms with Gasteiger partial charge in [-0.15, -0.1) is 0 Å². The average molecular weight is 209 g/mol. The molecule has 2 fully saturated rings. The van der Waals surface area contributed by atoms with Gasteiger partial charge in [-0.2, -0.15) is 0 Å². The highest BCUT2D eigenvalue weighted by molar-refractivity contribution is 5.75. The number of carbonyl (C=O) groups excluding carboxylic acids is 1. The highest BCUT2D eigenvalue weighted by Crippen LogP contribution is 2.53. The summed E-state index contributed by atoms with van der Waals surface area (Å²) in [6.45, 7) is 6.29. The fourth-order valence-electron chi connectivity index (χ4n) is 3.32. The van der Waals surface area contributed by atoms with Gasteiger partial charge in [-0.3, -0.25) is 4.79 Å². The van der Waals surface area contributed by atoms with Crippen LogP contribution < -0.4 is 0 Å². The Morgan fingerprint density at radius 2 is 1.87 bits per heavy atom. The van der Waals surface area contributed by atoms with E-state index in [1.165, 1.54) is 32.1 Å². The van der Waals surface area contributed by atoms with Crippen LogP contribution in [0.2, 0.25) is 0 Å². The SMILES string of the molecule is CCC(=O)N1CCC2(CC1)CC(CC)C2. The number of carbonyl (C=O) groups is 1. The van der Waals surface area contributed by atoms with Crippen molar-refractivity contribution < 1.29 is 4.79 Å². The molecule has 1 amide bonds. The topological polar surface area (TPSA) is 20.3 Å². The molecule has 0 aromatic carbocycles. The normalized spacial score (nSPS) is 25.3. The monoisotopic (exact) mass is 209 g/mol. The van der Waals surface area contributed by atoms with Crippen molar-refractivity contribution in [3.05, 3.63) is 0 Å². The van der Waals surface area contributed by atoms with Crippen LogP contribution in [0.1, 0.15) is 52.4 Å². The van der Waals surface area contributed by atoms with Gasteiger partial charge in [0.2, 0.25) is 5.91 Å². The maximum absolute atomic E-state index is 11.5. The van der Waals surface area contributed by atoms with E-state index in [4.69, 9.17) is 0 Å². The van der Waals surface area contributed by atoms with E-state index in [1.807, 2.05) is 6.92 Å². The predicted molar refractivity (Wildman–Crippen MR) is 61.6 cm³/mol. The van der Waals surface area contributed by atoms with E-state index in [0.717, 1.165) is 19.0 Å². The Bertz CT molecular complexity index is 233. The first-order valence-corrected chi connectivity index (χ1v) is 6.47. The van der Waals surface area contributed by atoms with Crippen molar-refractivity contribution in [1.82, 2.24) is 4.90 Å². The molecular weight excluding hydrogens is 186 g/mol. The van der Waals surface area contributed by atoms with Gasteiger partial charge in [-0.1, -0.05) is 20.3 Å². The molecule has 0 unspecified atom stereocenters. The fourth-order valence-corrected chi connectivity index (χ4v) is 3.32.